The number of piperidine rings is 1. The van der Waals surface area contributed by atoms with Gasteiger partial charge in [-0.3, -0.25) is 4.90 Å². The predicted molar refractivity (Wildman–Crippen MR) is 139 cm³/mol. The van der Waals surface area contributed by atoms with Crippen LogP contribution >= 0.6 is 0 Å². The SMILES string of the molecule is CC(C)=CCN(c1cccc(OCc2ccccc2)c1)C1CCN(Cc2ccccc2)CC1. The van der Waals surface area contributed by atoms with E-state index in [9.17, 15) is 0 Å². The number of benzene rings is 3. The first kappa shape index (κ1) is 23.1. The topological polar surface area (TPSA) is 15.7 Å². The molecule has 0 bridgehead atoms. The van der Waals surface area contributed by atoms with Gasteiger partial charge in [-0.1, -0.05) is 78.4 Å². The number of anilines is 1. The molecule has 0 spiro atoms. The summed E-state index contributed by atoms with van der Waals surface area (Å²) in [5.74, 6) is 0.931. The van der Waals surface area contributed by atoms with Gasteiger partial charge in [-0.05, 0) is 49.9 Å². The summed E-state index contributed by atoms with van der Waals surface area (Å²) >= 11 is 0. The fraction of sp³-hybridized carbons (Fsp3) is 0.333. The van der Waals surface area contributed by atoms with Crippen molar-refractivity contribution in [2.24, 2.45) is 0 Å². The normalized spacial score (nSPS) is 14.6. The average Bonchev–Trinajstić information content (AvgIpc) is 2.85. The lowest BCUT2D eigenvalue weighted by Crippen LogP contribution is -2.45. The number of ether oxygens (including phenoxy) is 1. The summed E-state index contributed by atoms with van der Waals surface area (Å²) in [4.78, 5) is 5.16. The minimum atomic E-state index is 0.539. The number of hydrogen-bond acceptors (Lipinski definition) is 3. The van der Waals surface area contributed by atoms with E-state index in [1.54, 1.807) is 0 Å². The summed E-state index contributed by atoms with van der Waals surface area (Å²) in [6, 6.07) is 30.3. The van der Waals surface area contributed by atoms with E-state index >= 15 is 0 Å². The van der Waals surface area contributed by atoms with E-state index in [1.165, 1.54) is 35.2 Å². The van der Waals surface area contributed by atoms with E-state index in [0.29, 0.717) is 12.6 Å². The molecular formula is C30H36N2O. The molecule has 172 valence electrons. The first-order chi connectivity index (χ1) is 16.2. The zero-order valence-corrected chi connectivity index (χ0v) is 20.0. The highest BCUT2D eigenvalue weighted by molar-refractivity contribution is 5.52. The summed E-state index contributed by atoms with van der Waals surface area (Å²) < 4.78 is 6.13. The quantitative estimate of drug-likeness (QED) is 0.344. The van der Waals surface area contributed by atoms with Crippen molar-refractivity contribution in [2.75, 3.05) is 24.5 Å². The van der Waals surface area contributed by atoms with Crippen LogP contribution in [-0.2, 0) is 13.2 Å². The van der Waals surface area contributed by atoms with Crippen molar-refractivity contribution in [2.45, 2.75) is 45.9 Å². The van der Waals surface area contributed by atoms with Gasteiger partial charge in [-0.25, -0.2) is 0 Å². The molecule has 0 atom stereocenters. The van der Waals surface area contributed by atoms with Crippen molar-refractivity contribution in [3.63, 3.8) is 0 Å². The van der Waals surface area contributed by atoms with Crippen LogP contribution in [0.4, 0.5) is 5.69 Å². The molecule has 0 radical (unpaired) electrons. The Morgan fingerprint density at radius 2 is 1.55 bits per heavy atom. The number of likely N-dealkylation sites (tertiary alicyclic amines) is 1. The van der Waals surface area contributed by atoms with Crippen molar-refractivity contribution in [3.05, 3.63) is 108 Å². The molecule has 3 aromatic rings. The summed E-state index contributed by atoms with van der Waals surface area (Å²) in [7, 11) is 0. The molecule has 0 unspecified atom stereocenters. The molecule has 4 rings (SSSR count). The van der Waals surface area contributed by atoms with Gasteiger partial charge in [0.1, 0.15) is 12.4 Å². The highest BCUT2D eigenvalue weighted by atomic mass is 16.5. The van der Waals surface area contributed by atoms with Crippen molar-refractivity contribution >= 4 is 5.69 Å². The lowest BCUT2D eigenvalue weighted by atomic mass is 10.0. The third-order valence-electron chi connectivity index (χ3n) is 6.34. The minimum absolute atomic E-state index is 0.539. The molecule has 1 aliphatic heterocycles. The molecule has 0 aliphatic carbocycles. The van der Waals surface area contributed by atoms with Crippen molar-refractivity contribution < 1.29 is 4.74 Å². The second-order valence-corrected chi connectivity index (χ2v) is 9.20. The molecule has 1 aliphatic rings. The Hall–Kier alpha value is -3.04. The molecular weight excluding hydrogens is 404 g/mol. The lowest BCUT2D eigenvalue weighted by molar-refractivity contribution is 0.202. The third-order valence-corrected chi connectivity index (χ3v) is 6.34. The molecule has 1 saturated heterocycles. The second-order valence-electron chi connectivity index (χ2n) is 9.20. The Kier molecular flexibility index (Phi) is 8.21. The number of hydrogen-bond donors (Lipinski definition) is 0. The maximum Gasteiger partial charge on any atom is 0.121 e. The molecule has 3 nitrogen and oxygen atoms in total. The van der Waals surface area contributed by atoms with Gasteiger partial charge in [0, 0.05) is 44.0 Å². The van der Waals surface area contributed by atoms with Gasteiger partial charge in [0.25, 0.3) is 0 Å². The Labute approximate surface area is 199 Å². The zero-order chi connectivity index (χ0) is 22.9. The van der Waals surface area contributed by atoms with Crippen LogP contribution in [0.2, 0.25) is 0 Å². The molecule has 0 aromatic heterocycles. The first-order valence-corrected chi connectivity index (χ1v) is 12.1. The summed E-state index contributed by atoms with van der Waals surface area (Å²) in [6.07, 6.45) is 4.70. The second kappa shape index (κ2) is 11.7. The summed E-state index contributed by atoms with van der Waals surface area (Å²) in [6.45, 7) is 9.21. The molecule has 3 heteroatoms. The van der Waals surface area contributed by atoms with Gasteiger partial charge in [-0.15, -0.1) is 0 Å². The highest BCUT2D eigenvalue weighted by Gasteiger charge is 2.24. The van der Waals surface area contributed by atoms with Gasteiger partial charge in [0.15, 0.2) is 0 Å². The van der Waals surface area contributed by atoms with E-state index < -0.39 is 0 Å². The van der Waals surface area contributed by atoms with Crippen LogP contribution in [0.15, 0.2) is 96.6 Å². The van der Waals surface area contributed by atoms with Gasteiger partial charge in [0.2, 0.25) is 0 Å². The maximum absolute atomic E-state index is 6.13. The highest BCUT2D eigenvalue weighted by Crippen LogP contribution is 2.28. The maximum atomic E-state index is 6.13. The number of nitrogens with zero attached hydrogens (tertiary/aromatic N) is 2. The smallest absolute Gasteiger partial charge is 0.121 e. The molecule has 33 heavy (non-hydrogen) atoms. The Bertz CT molecular complexity index is 1000. The number of rotatable bonds is 9. The van der Waals surface area contributed by atoms with Gasteiger partial charge in [0.05, 0.1) is 0 Å². The standard InChI is InChI=1S/C30H36N2O/c1-25(2)16-21-32(28-17-19-31(20-18-28)23-26-10-5-3-6-11-26)29-14-9-15-30(22-29)33-24-27-12-7-4-8-13-27/h3-16,22,28H,17-21,23-24H2,1-2H3. The van der Waals surface area contributed by atoms with Crippen LogP contribution in [0, 0.1) is 0 Å². The Balaban J connectivity index is 1.42. The number of allylic oxidation sites excluding steroid dienone is 1. The van der Waals surface area contributed by atoms with E-state index in [2.05, 4.69) is 109 Å². The van der Waals surface area contributed by atoms with Gasteiger partial charge >= 0.3 is 0 Å². The lowest BCUT2D eigenvalue weighted by Gasteiger charge is -2.39. The summed E-state index contributed by atoms with van der Waals surface area (Å²) in [5.41, 5.74) is 5.20. The largest absolute Gasteiger partial charge is 0.489 e. The minimum Gasteiger partial charge on any atom is -0.489 e. The van der Waals surface area contributed by atoms with Crippen molar-refractivity contribution in [3.8, 4) is 5.75 Å². The van der Waals surface area contributed by atoms with Crippen LogP contribution in [0.3, 0.4) is 0 Å². The molecule has 0 saturated carbocycles. The van der Waals surface area contributed by atoms with Gasteiger partial charge in [-0.2, -0.15) is 0 Å². The van der Waals surface area contributed by atoms with Crippen LogP contribution in [0.1, 0.15) is 37.8 Å². The molecule has 1 heterocycles. The molecule has 0 amide bonds. The van der Waals surface area contributed by atoms with E-state index in [4.69, 9.17) is 4.74 Å². The van der Waals surface area contributed by atoms with Crippen LogP contribution < -0.4 is 9.64 Å². The third kappa shape index (κ3) is 6.97. The fourth-order valence-corrected chi connectivity index (χ4v) is 4.47. The molecule has 1 fully saturated rings. The van der Waals surface area contributed by atoms with Gasteiger partial charge < -0.3 is 9.64 Å². The summed E-state index contributed by atoms with van der Waals surface area (Å²) in [5, 5.41) is 0. The van der Waals surface area contributed by atoms with Crippen LogP contribution in [-0.4, -0.2) is 30.6 Å². The van der Waals surface area contributed by atoms with Crippen LogP contribution in [0.5, 0.6) is 5.75 Å². The molecule has 3 aromatic carbocycles. The first-order valence-electron chi connectivity index (χ1n) is 12.1. The monoisotopic (exact) mass is 440 g/mol. The Morgan fingerprint density at radius 1 is 0.879 bits per heavy atom. The van der Waals surface area contributed by atoms with Crippen molar-refractivity contribution in [1.29, 1.82) is 0 Å². The average molecular weight is 441 g/mol. The van der Waals surface area contributed by atoms with E-state index in [0.717, 1.165) is 31.9 Å². The van der Waals surface area contributed by atoms with Crippen LogP contribution in [0.25, 0.3) is 0 Å². The Morgan fingerprint density at radius 3 is 2.21 bits per heavy atom. The van der Waals surface area contributed by atoms with E-state index in [-0.39, 0.29) is 0 Å². The van der Waals surface area contributed by atoms with E-state index in [1.807, 2.05) is 6.07 Å². The molecule has 0 N–H and O–H groups in total. The van der Waals surface area contributed by atoms with Crippen molar-refractivity contribution in [1.82, 2.24) is 4.90 Å². The predicted octanol–water partition coefficient (Wildman–Crippen LogP) is 6.70. The zero-order valence-electron chi connectivity index (χ0n) is 20.0. The fourth-order valence-electron chi connectivity index (χ4n) is 4.47.